The predicted octanol–water partition coefficient (Wildman–Crippen LogP) is 3.36. The Balaban J connectivity index is 0.000000168. The summed E-state index contributed by atoms with van der Waals surface area (Å²) in [6, 6.07) is 0. The zero-order valence-corrected chi connectivity index (χ0v) is 14.4. The summed E-state index contributed by atoms with van der Waals surface area (Å²) in [5, 5.41) is 4.05. The molecule has 0 unspecified atom stereocenters. The van der Waals surface area contributed by atoms with Crippen LogP contribution < -0.4 is 0 Å². The normalized spacial score (nSPS) is 20.4. The number of hydrogen-bond donors (Lipinski definition) is 0. The molecule has 0 spiro atoms. The number of carbonyl (C=O) groups excluding carboxylic acids is 1. The Hall–Kier alpha value is -2.43. The maximum absolute atomic E-state index is 11.1. The van der Waals surface area contributed by atoms with E-state index in [1.165, 1.54) is 0 Å². The first kappa shape index (κ1) is 16.9. The lowest BCUT2D eigenvalue weighted by molar-refractivity contribution is -0.122. The molecule has 0 fully saturated rings. The molecule has 0 saturated heterocycles. The van der Waals surface area contributed by atoms with Crippen molar-refractivity contribution < 1.29 is 4.79 Å². The van der Waals surface area contributed by atoms with Gasteiger partial charge in [-0.25, -0.2) is 9.67 Å². The van der Waals surface area contributed by atoms with Crippen molar-refractivity contribution in [3.63, 3.8) is 0 Å². The van der Waals surface area contributed by atoms with Crippen molar-refractivity contribution in [3.8, 4) is 0 Å². The first-order valence-corrected chi connectivity index (χ1v) is 7.62. The topological polar surface area (TPSA) is 51.0 Å². The van der Waals surface area contributed by atoms with Gasteiger partial charge in [0.1, 0.15) is 6.33 Å². The van der Waals surface area contributed by atoms with Gasteiger partial charge in [-0.2, -0.15) is 5.10 Å². The number of nitrogens with zero attached hydrogens (tertiary/aromatic N) is 4. The van der Waals surface area contributed by atoms with E-state index < -0.39 is 0 Å². The minimum Gasteiger partial charge on any atom is -0.319 e. The number of likely N-dealkylation sites (N-methyl/N-ethyl adjacent to an activating group) is 1. The first-order valence-electron chi connectivity index (χ1n) is 7.62. The van der Waals surface area contributed by atoms with Crippen molar-refractivity contribution in [1.82, 2.24) is 19.7 Å². The van der Waals surface area contributed by atoms with Gasteiger partial charge in [0, 0.05) is 36.4 Å². The molecular formula is C18H24N4O. The molecule has 0 atom stereocenters. The molecule has 0 N–H and O–H groups in total. The standard InChI is InChI=1S/C9H11N3.C9H13NO/c1-9(2)4-3-8-10-7-11-12(8)6-5-9;1-9(2)5-4-8(11)10(3)7-6-9/h3-7H,1-2H3;4-7H,1-3H3. The van der Waals surface area contributed by atoms with Crippen LogP contribution >= 0.6 is 0 Å². The van der Waals surface area contributed by atoms with Gasteiger partial charge in [-0.05, 0) is 6.08 Å². The number of aromatic nitrogens is 3. The van der Waals surface area contributed by atoms with E-state index >= 15 is 0 Å². The van der Waals surface area contributed by atoms with E-state index in [2.05, 4.69) is 49.9 Å². The van der Waals surface area contributed by atoms with Crippen LogP contribution in [0.15, 0.2) is 42.9 Å². The van der Waals surface area contributed by atoms with Crippen molar-refractivity contribution in [1.29, 1.82) is 0 Å². The fourth-order valence-electron chi connectivity index (χ4n) is 1.94. The summed E-state index contributed by atoms with van der Waals surface area (Å²) in [6.45, 7) is 8.41. The van der Waals surface area contributed by atoms with Gasteiger partial charge < -0.3 is 4.90 Å². The Morgan fingerprint density at radius 1 is 0.913 bits per heavy atom. The summed E-state index contributed by atoms with van der Waals surface area (Å²) < 4.78 is 1.77. The molecule has 3 rings (SSSR count). The fourth-order valence-corrected chi connectivity index (χ4v) is 1.94. The Morgan fingerprint density at radius 3 is 2.22 bits per heavy atom. The Bertz CT molecular complexity index is 659. The van der Waals surface area contributed by atoms with E-state index in [9.17, 15) is 4.79 Å². The summed E-state index contributed by atoms with van der Waals surface area (Å²) in [5.41, 5.74) is 0.100. The van der Waals surface area contributed by atoms with Crippen LogP contribution in [0.2, 0.25) is 0 Å². The van der Waals surface area contributed by atoms with Crippen molar-refractivity contribution in [3.05, 3.63) is 48.7 Å². The molecule has 0 aliphatic carbocycles. The van der Waals surface area contributed by atoms with Crippen molar-refractivity contribution in [2.24, 2.45) is 10.8 Å². The van der Waals surface area contributed by atoms with Crippen molar-refractivity contribution in [2.75, 3.05) is 7.05 Å². The van der Waals surface area contributed by atoms with Gasteiger partial charge in [-0.1, -0.05) is 52.0 Å². The number of carbonyl (C=O) groups is 1. The molecule has 0 aromatic carbocycles. The summed E-state index contributed by atoms with van der Waals surface area (Å²) in [5.74, 6) is 0.920. The number of amides is 1. The van der Waals surface area contributed by atoms with Gasteiger partial charge in [0.15, 0.2) is 5.82 Å². The summed E-state index contributed by atoms with van der Waals surface area (Å²) in [6.07, 6.45) is 17.1. The van der Waals surface area contributed by atoms with Crippen molar-refractivity contribution in [2.45, 2.75) is 27.7 Å². The third kappa shape index (κ3) is 4.77. The largest absolute Gasteiger partial charge is 0.319 e. The summed E-state index contributed by atoms with van der Waals surface area (Å²) in [4.78, 5) is 16.8. The highest BCUT2D eigenvalue weighted by molar-refractivity contribution is 5.88. The van der Waals surface area contributed by atoms with E-state index in [1.807, 2.05) is 30.6 Å². The molecule has 23 heavy (non-hydrogen) atoms. The zero-order valence-electron chi connectivity index (χ0n) is 14.4. The lowest BCUT2D eigenvalue weighted by Gasteiger charge is -2.12. The molecule has 5 heteroatoms. The number of fused-ring (bicyclic) bond motifs is 1. The van der Waals surface area contributed by atoms with Crippen LogP contribution in [0.5, 0.6) is 0 Å². The van der Waals surface area contributed by atoms with Gasteiger partial charge in [-0.3, -0.25) is 4.79 Å². The maximum Gasteiger partial charge on any atom is 0.249 e. The molecule has 1 aromatic heterocycles. The third-order valence-corrected chi connectivity index (χ3v) is 3.64. The van der Waals surface area contributed by atoms with Crippen LogP contribution in [0.4, 0.5) is 0 Å². The van der Waals surface area contributed by atoms with Gasteiger partial charge in [0.25, 0.3) is 0 Å². The average molecular weight is 312 g/mol. The SMILES string of the molecule is CC1(C)C=Cc2ncnn2C=C1.CN1C=CC(C)(C)C=CC1=O. The molecule has 2 aliphatic heterocycles. The minimum absolute atomic E-state index is 0.000417. The predicted molar refractivity (Wildman–Crippen MR) is 93.0 cm³/mol. The molecule has 5 nitrogen and oxygen atoms in total. The Morgan fingerprint density at radius 2 is 1.52 bits per heavy atom. The van der Waals surface area contributed by atoms with Crippen LogP contribution in [0.25, 0.3) is 12.3 Å². The molecule has 0 radical (unpaired) electrons. The zero-order chi connectivity index (χ0) is 17.1. The second-order valence-electron chi connectivity index (χ2n) is 6.95. The van der Waals surface area contributed by atoms with Crippen LogP contribution in [0.3, 0.4) is 0 Å². The van der Waals surface area contributed by atoms with Crippen LogP contribution in [0, 0.1) is 10.8 Å². The van der Waals surface area contributed by atoms with E-state index in [1.54, 1.807) is 29.0 Å². The number of allylic oxidation sites excluding steroid dienone is 4. The smallest absolute Gasteiger partial charge is 0.249 e. The quantitative estimate of drug-likeness (QED) is 0.738. The molecule has 1 aromatic rings. The first-order chi connectivity index (χ1) is 10.7. The lowest BCUT2D eigenvalue weighted by Crippen LogP contribution is -2.16. The van der Waals surface area contributed by atoms with Crippen LogP contribution in [-0.2, 0) is 4.79 Å². The maximum atomic E-state index is 11.1. The lowest BCUT2D eigenvalue weighted by atomic mass is 9.93. The van der Waals surface area contributed by atoms with Gasteiger partial charge in [-0.15, -0.1) is 0 Å². The fraction of sp³-hybridized carbons (Fsp3) is 0.389. The second-order valence-corrected chi connectivity index (χ2v) is 6.95. The molecule has 0 bridgehead atoms. The average Bonchev–Trinajstić information content (AvgIpc) is 2.84. The molecule has 3 heterocycles. The summed E-state index contributed by atoms with van der Waals surface area (Å²) in [7, 11) is 1.75. The van der Waals surface area contributed by atoms with Crippen molar-refractivity contribution >= 4 is 18.2 Å². The second kappa shape index (κ2) is 6.36. The third-order valence-electron chi connectivity index (χ3n) is 3.64. The monoisotopic (exact) mass is 312 g/mol. The van der Waals surface area contributed by atoms with Gasteiger partial charge in [0.2, 0.25) is 5.91 Å². The number of rotatable bonds is 0. The van der Waals surface area contributed by atoms with Crippen LogP contribution in [-0.4, -0.2) is 32.6 Å². The summed E-state index contributed by atoms with van der Waals surface area (Å²) >= 11 is 0. The molecule has 0 saturated carbocycles. The van der Waals surface area contributed by atoms with E-state index in [0.29, 0.717) is 0 Å². The van der Waals surface area contributed by atoms with Crippen LogP contribution in [0.1, 0.15) is 33.5 Å². The van der Waals surface area contributed by atoms with Gasteiger partial charge >= 0.3 is 0 Å². The Labute approximate surface area is 137 Å². The molecule has 2 aliphatic rings. The van der Waals surface area contributed by atoms with E-state index in [-0.39, 0.29) is 16.7 Å². The van der Waals surface area contributed by atoms with Gasteiger partial charge in [0.05, 0.1) is 0 Å². The van der Waals surface area contributed by atoms with E-state index in [0.717, 1.165) is 5.82 Å². The Kier molecular flexibility index (Phi) is 4.68. The highest BCUT2D eigenvalue weighted by Gasteiger charge is 2.14. The number of hydrogen-bond acceptors (Lipinski definition) is 3. The highest BCUT2D eigenvalue weighted by atomic mass is 16.2. The molecular weight excluding hydrogens is 288 g/mol. The minimum atomic E-state index is 0.000417. The molecule has 1 amide bonds. The van der Waals surface area contributed by atoms with E-state index in [4.69, 9.17) is 0 Å². The molecule has 122 valence electrons. The highest BCUT2D eigenvalue weighted by Crippen LogP contribution is 2.23.